The highest BCUT2D eigenvalue weighted by Gasteiger charge is 2.11. The lowest BCUT2D eigenvalue weighted by Crippen LogP contribution is -2.00. The topological polar surface area (TPSA) is 48.7 Å². The van der Waals surface area contributed by atoms with Crippen LogP contribution in [0.4, 0.5) is 0 Å². The summed E-state index contributed by atoms with van der Waals surface area (Å²) in [6.45, 7) is 0.320. The van der Waals surface area contributed by atoms with E-state index in [2.05, 4.69) is 15.9 Å². The number of furan rings is 1. The van der Waals surface area contributed by atoms with Crippen molar-refractivity contribution in [1.82, 2.24) is 0 Å². The Balaban J connectivity index is 1.89. The third-order valence-electron chi connectivity index (χ3n) is 3.31. The molecule has 0 spiro atoms. The molecule has 0 aliphatic carbocycles. The maximum atomic E-state index is 11.1. The van der Waals surface area contributed by atoms with Crippen molar-refractivity contribution in [2.24, 2.45) is 0 Å². The zero-order valence-electron chi connectivity index (χ0n) is 11.8. The van der Waals surface area contributed by atoms with Crippen LogP contribution in [0.3, 0.4) is 0 Å². The van der Waals surface area contributed by atoms with Crippen molar-refractivity contribution in [2.75, 3.05) is 7.11 Å². The standard InChI is InChI=1S/C17H13BrO4/c1-20-15-4-2-3-13(9-19)17(15)22-10-11-7-12-5-6-21-16(12)14(18)8-11/h2-9H,10H2,1H3. The van der Waals surface area contributed by atoms with Crippen LogP contribution in [-0.4, -0.2) is 13.4 Å². The van der Waals surface area contributed by atoms with Crippen molar-refractivity contribution >= 4 is 33.2 Å². The summed E-state index contributed by atoms with van der Waals surface area (Å²) in [5.74, 6) is 0.983. The molecule has 0 N–H and O–H groups in total. The molecular formula is C17H13BrO4. The van der Waals surface area contributed by atoms with E-state index >= 15 is 0 Å². The maximum Gasteiger partial charge on any atom is 0.172 e. The number of carbonyl (C=O) groups excluding carboxylic acids is 1. The van der Waals surface area contributed by atoms with Crippen LogP contribution >= 0.6 is 15.9 Å². The number of para-hydroxylation sites is 1. The van der Waals surface area contributed by atoms with Gasteiger partial charge in [-0.25, -0.2) is 0 Å². The van der Waals surface area contributed by atoms with Gasteiger partial charge in [0.05, 0.1) is 23.4 Å². The number of rotatable bonds is 5. The first-order valence-corrected chi connectivity index (χ1v) is 7.43. The van der Waals surface area contributed by atoms with Gasteiger partial charge < -0.3 is 13.9 Å². The number of hydrogen-bond donors (Lipinski definition) is 0. The third kappa shape index (κ3) is 2.72. The van der Waals surface area contributed by atoms with Gasteiger partial charge in [0, 0.05) is 5.39 Å². The van der Waals surface area contributed by atoms with Crippen LogP contribution in [0.5, 0.6) is 11.5 Å². The zero-order chi connectivity index (χ0) is 15.5. The first-order valence-electron chi connectivity index (χ1n) is 6.63. The molecule has 2 aromatic carbocycles. The van der Waals surface area contributed by atoms with Gasteiger partial charge in [0.1, 0.15) is 12.2 Å². The molecule has 0 aliphatic rings. The molecule has 0 atom stereocenters. The summed E-state index contributed by atoms with van der Waals surface area (Å²) in [5.41, 5.74) is 2.22. The van der Waals surface area contributed by atoms with E-state index in [1.165, 1.54) is 0 Å². The second-order valence-electron chi connectivity index (χ2n) is 4.70. The van der Waals surface area contributed by atoms with Crippen molar-refractivity contribution in [3.63, 3.8) is 0 Å². The minimum Gasteiger partial charge on any atom is -0.493 e. The first kappa shape index (κ1) is 14.7. The van der Waals surface area contributed by atoms with Gasteiger partial charge >= 0.3 is 0 Å². The molecule has 3 aromatic rings. The summed E-state index contributed by atoms with van der Waals surface area (Å²) in [7, 11) is 1.55. The Bertz CT molecular complexity index is 823. The van der Waals surface area contributed by atoms with Crippen LogP contribution in [0, 0.1) is 0 Å². The smallest absolute Gasteiger partial charge is 0.172 e. The molecule has 112 valence electrons. The Morgan fingerprint density at radius 1 is 1.27 bits per heavy atom. The third-order valence-corrected chi connectivity index (χ3v) is 3.89. The quantitative estimate of drug-likeness (QED) is 0.624. The van der Waals surface area contributed by atoms with Crippen molar-refractivity contribution in [2.45, 2.75) is 6.61 Å². The molecule has 0 fully saturated rings. The summed E-state index contributed by atoms with van der Waals surface area (Å²) < 4.78 is 17.3. The summed E-state index contributed by atoms with van der Waals surface area (Å²) in [6.07, 6.45) is 2.40. The molecular weight excluding hydrogens is 348 g/mol. The number of benzene rings is 2. The van der Waals surface area contributed by atoms with Crippen LogP contribution in [0.15, 0.2) is 51.6 Å². The Labute approximate surface area is 135 Å². The predicted molar refractivity (Wildman–Crippen MR) is 86.6 cm³/mol. The lowest BCUT2D eigenvalue weighted by atomic mass is 10.1. The van der Waals surface area contributed by atoms with Gasteiger partial charge in [-0.15, -0.1) is 0 Å². The van der Waals surface area contributed by atoms with Gasteiger partial charge in [-0.05, 0) is 51.8 Å². The average molecular weight is 361 g/mol. The highest BCUT2D eigenvalue weighted by molar-refractivity contribution is 9.10. The molecule has 0 aliphatic heterocycles. The average Bonchev–Trinajstić information content (AvgIpc) is 3.01. The van der Waals surface area contributed by atoms with Gasteiger partial charge in [0.15, 0.2) is 17.8 Å². The number of halogens is 1. The Morgan fingerprint density at radius 3 is 2.91 bits per heavy atom. The van der Waals surface area contributed by atoms with Crippen molar-refractivity contribution in [3.8, 4) is 11.5 Å². The second kappa shape index (κ2) is 6.23. The van der Waals surface area contributed by atoms with E-state index in [-0.39, 0.29) is 0 Å². The minimum absolute atomic E-state index is 0.320. The zero-order valence-corrected chi connectivity index (χ0v) is 13.4. The molecule has 4 nitrogen and oxygen atoms in total. The fourth-order valence-corrected chi connectivity index (χ4v) is 2.89. The maximum absolute atomic E-state index is 11.1. The highest BCUT2D eigenvalue weighted by atomic mass is 79.9. The van der Waals surface area contributed by atoms with Gasteiger partial charge in [0.2, 0.25) is 0 Å². The fraction of sp³-hybridized carbons (Fsp3) is 0.118. The largest absolute Gasteiger partial charge is 0.493 e. The van der Waals surface area contributed by atoms with Gasteiger partial charge in [-0.1, -0.05) is 6.07 Å². The van der Waals surface area contributed by atoms with Crippen molar-refractivity contribution in [1.29, 1.82) is 0 Å². The van der Waals surface area contributed by atoms with Crippen LogP contribution in [0.2, 0.25) is 0 Å². The van der Waals surface area contributed by atoms with E-state index in [4.69, 9.17) is 13.9 Å². The number of carbonyl (C=O) groups is 1. The lowest BCUT2D eigenvalue weighted by molar-refractivity contribution is 0.111. The summed E-state index contributed by atoms with van der Waals surface area (Å²) in [4.78, 5) is 11.1. The van der Waals surface area contributed by atoms with Crippen molar-refractivity contribution < 1.29 is 18.7 Å². The normalized spacial score (nSPS) is 10.6. The van der Waals surface area contributed by atoms with E-state index in [1.807, 2.05) is 18.2 Å². The fourth-order valence-electron chi connectivity index (χ4n) is 2.28. The number of fused-ring (bicyclic) bond motifs is 1. The van der Waals surface area contributed by atoms with Crippen LogP contribution < -0.4 is 9.47 Å². The molecule has 5 heteroatoms. The van der Waals surface area contributed by atoms with E-state index < -0.39 is 0 Å². The number of methoxy groups -OCH3 is 1. The predicted octanol–water partition coefficient (Wildman–Crippen LogP) is 4.60. The molecule has 0 amide bonds. The number of hydrogen-bond acceptors (Lipinski definition) is 4. The minimum atomic E-state index is 0.320. The van der Waals surface area contributed by atoms with Crippen molar-refractivity contribution in [3.05, 3.63) is 58.3 Å². The lowest BCUT2D eigenvalue weighted by Gasteiger charge is -2.12. The van der Waals surface area contributed by atoms with Crippen LogP contribution in [0.25, 0.3) is 11.0 Å². The monoisotopic (exact) mass is 360 g/mol. The Morgan fingerprint density at radius 2 is 2.14 bits per heavy atom. The summed E-state index contributed by atoms with van der Waals surface area (Å²) in [5, 5.41) is 0.989. The van der Waals surface area contributed by atoms with E-state index in [1.54, 1.807) is 31.6 Å². The van der Waals surface area contributed by atoms with Gasteiger partial charge in [-0.3, -0.25) is 4.79 Å². The van der Waals surface area contributed by atoms with E-state index in [0.29, 0.717) is 23.7 Å². The molecule has 0 unspecified atom stereocenters. The first-order chi connectivity index (χ1) is 10.7. The SMILES string of the molecule is COc1cccc(C=O)c1OCc1cc(Br)c2occc2c1. The van der Waals surface area contributed by atoms with E-state index in [0.717, 1.165) is 27.3 Å². The number of aldehydes is 1. The Hall–Kier alpha value is -2.27. The second-order valence-corrected chi connectivity index (χ2v) is 5.56. The molecule has 22 heavy (non-hydrogen) atoms. The number of ether oxygens (including phenoxy) is 2. The molecule has 1 heterocycles. The summed E-state index contributed by atoms with van der Waals surface area (Å²) in [6, 6.07) is 11.0. The van der Waals surface area contributed by atoms with Gasteiger partial charge in [0.25, 0.3) is 0 Å². The Kier molecular flexibility index (Phi) is 4.15. The molecule has 0 radical (unpaired) electrons. The molecule has 0 saturated carbocycles. The molecule has 3 rings (SSSR count). The highest BCUT2D eigenvalue weighted by Crippen LogP contribution is 2.32. The van der Waals surface area contributed by atoms with Crippen LogP contribution in [0.1, 0.15) is 15.9 Å². The molecule has 1 aromatic heterocycles. The van der Waals surface area contributed by atoms with Gasteiger partial charge in [-0.2, -0.15) is 0 Å². The summed E-state index contributed by atoms with van der Waals surface area (Å²) >= 11 is 3.48. The molecule has 0 saturated heterocycles. The van der Waals surface area contributed by atoms with E-state index in [9.17, 15) is 4.79 Å². The molecule has 0 bridgehead atoms. The van der Waals surface area contributed by atoms with Crippen LogP contribution in [-0.2, 0) is 6.61 Å².